The third kappa shape index (κ3) is 4.69. The van der Waals surface area contributed by atoms with Crippen molar-refractivity contribution < 1.29 is 9.72 Å². The molecule has 0 aliphatic heterocycles. The number of pyridine rings is 1. The van der Waals surface area contributed by atoms with E-state index >= 15 is 0 Å². The fourth-order valence-corrected chi connectivity index (χ4v) is 2.47. The molecule has 3 rings (SSSR count). The van der Waals surface area contributed by atoms with Crippen LogP contribution in [0.3, 0.4) is 0 Å². The third-order valence-electron chi connectivity index (χ3n) is 3.52. The topological polar surface area (TPSA) is 85.1 Å². The van der Waals surface area contributed by atoms with Gasteiger partial charge in [0, 0.05) is 28.5 Å². The van der Waals surface area contributed by atoms with Crippen LogP contribution in [0, 0.1) is 22.0 Å². The number of anilines is 1. The molecule has 1 amide bonds. The molecule has 1 heterocycles. The zero-order valence-corrected chi connectivity index (χ0v) is 14.6. The molecule has 0 saturated carbocycles. The van der Waals surface area contributed by atoms with Crippen LogP contribution in [0.4, 0.5) is 11.4 Å². The molecule has 3 aromatic rings. The second kappa shape index (κ2) is 8.13. The zero-order valence-electron chi connectivity index (χ0n) is 13.8. The number of amides is 1. The molecule has 0 atom stereocenters. The molecule has 0 aliphatic carbocycles. The summed E-state index contributed by atoms with van der Waals surface area (Å²) < 4.78 is 0. The summed E-state index contributed by atoms with van der Waals surface area (Å²) in [5, 5.41) is 14.0. The molecule has 0 radical (unpaired) electrons. The molecular formula is C20H12ClN3O3. The molecule has 0 aliphatic rings. The predicted molar refractivity (Wildman–Crippen MR) is 103 cm³/mol. The summed E-state index contributed by atoms with van der Waals surface area (Å²) in [6, 6.07) is 16.1. The molecule has 0 bridgehead atoms. The smallest absolute Gasteiger partial charge is 0.282 e. The Hall–Kier alpha value is -3.69. The van der Waals surface area contributed by atoms with Crippen molar-refractivity contribution in [2.75, 3.05) is 5.32 Å². The van der Waals surface area contributed by atoms with Crippen LogP contribution in [-0.2, 0) is 0 Å². The van der Waals surface area contributed by atoms with Crippen LogP contribution in [-0.4, -0.2) is 15.8 Å². The fourth-order valence-electron chi connectivity index (χ4n) is 2.30. The lowest BCUT2D eigenvalue weighted by molar-refractivity contribution is -0.385. The van der Waals surface area contributed by atoms with Gasteiger partial charge in [-0.2, -0.15) is 0 Å². The van der Waals surface area contributed by atoms with Crippen molar-refractivity contribution >= 4 is 28.9 Å². The lowest BCUT2D eigenvalue weighted by Gasteiger charge is -2.06. The van der Waals surface area contributed by atoms with E-state index in [0.717, 1.165) is 0 Å². The van der Waals surface area contributed by atoms with Gasteiger partial charge < -0.3 is 5.32 Å². The van der Waals surface area contributed by atoms with Crippen molar-refractivity contribution in [2.24, 2.45) is 0 Å². The van der Waals surface area contributed by atoms with Gasteiger partial charge in [-0.05, 0) is 48.4 Å². The Labute approximate surface area is 160 Å². The van der Waals surface area contributed by atoms with Crippen LogP contribution in [0.2, 0.25) is 5.02 Å². The van der Waals surface area contributed by atoms with Crippen molar-refractivity contribution in [2.45, 2.75) is 0 Å². The highest BCUT2D eigenvalue weighted by Gasteiger charge is 2.20. The number of carbonyl (C=O) groups excluding carboxylic acids is 1. The van der Waals surface area contributed by atoms with Crippen molar-refractivity contribution in [1.29, 1.82) is 0 Å². The monoisotopic (exact) mass is 377 g/mol. The quantitative estimate of drug-likeness (QED) is 0.419. The van der Waals surface area contributed by atoms with Gasteiger partial charge in [0.05, 0.1) is 4.92 Å². The first-order valence-corrected chi connectivity index (χ1v) is 8.19. The number of nitro groups is 1. The number of aromatic nitrogens is 1. The van der Waals surface area contributed by atoms with E-state index in [-0.39, 0.29) is 16.3 Å². The minimum absolute atomic E-state index is 0.113. The average molecular weight is 378 g/mol. The maximum absolute atomic E-state index is 12.5. The van der Waals surface area contributed by atoms with Gasteiger partial charge in [-0.15, -0.1) is 0 Å². The summed E-state index contributed by atoms with van der Waals surface area (Å²) in [6.45, 7) is 0. The number of hydrogen-bond donors (Lipinski definition) is 1. The van der Waals surface area contributed by atoms with E-state index in [2.05, 4.69) is 22.1 Å². The second-order valence-corrected chi connectivity index (χ2v) is 5.85. The highest BCUT2D eigenvalue weighted by Crippen LogP contribution is 2.24. The Morgan fingerprint density at radius 1 is 1.07 bits per heavy atom. The Morgan fingerprint density at radius 3 is 2.67 bits per heavy atom. The average Bonchev–Trinajstić information content (AvgIpc) is 2.67. The summed E-state index contributed by atoms with van der Waals surface area (Å²) >= 11 is 5.87. The summed E-state index contributed by atoms with van der Waals surface area (Å²) in [4.78, 5) is 27.1. The van der Waals surface area contributed by atoms with Crippen LogP contribution >= 0.6 is 11.6 Å². The minimum Gasteiger partial charge on any atom is -0.322 e. The Kier molecular flexibility index (Phi) is 5.45. The first-order chi connectivity index (χ1) is 13.0. The van der Waals surface area contributed by atoms with Gasteiger partial charge >= 0.3 is 0 Å². The normalized spacial score (nSPS) is 9.81. The van der Waals surface area contributed by atoms with Gasteiger partial charge in [-0.3, -0.25) is 14.9 Å². The first kappa shape index (κ1) is 18.1. The van der Waals surface area contributed by atoms with E-state index in [4.69, 9.17) is 11.6 Å². The van der Waals surface area contributed by atoms with E-state index < -0.39 is 10.8 Å². The van der Waals surface area contributed by atoms with Gasteiger partial charge in [-0.25, -0.2) is 4.98 Å². The summed E-state index contributed by atoms with van der Waals surface area (Å²) in [5.74, 6) is 5.26. The van der Waals surface area contributed by atoms with Gasteiger partial charge in [0.2, 0.25) is 0 Å². The van der Waals surface area contributed by atoms with E-state index in [1.54, 1.807) is 42.6 Å². The zero-order chi connectivity index (χ0) is 19.2. The number of benzene rings is 2. The number of nitro benzene ring substituents is 1. The number of carbonyl (C=O) groups is 1. The Bertz CT molecular complexity index is 1070. The predicted octanol–water partition coefficient (Wildman–Crippen LogP) is 4.30. The highest BCUT2D eigenvalue weighted by molar-refractivity contribution is 6.31. The number of rotatable bonds is 3. The second-order valence-electron chi connectivity index (χ2n) is 5.42. The van der Waals surface area contributed by atoms with E-state index in [1.807, 2.05) is 6.07 Å². The van der Waals surface area contributed by atoms with Gasteiger partial charge in [0.1, 0.15) is 11.3 Å². The lowest BCUT2D eigenvalue weighted by atomic mass is 10.1. The Balaban J connectivity index is 1.83. The third-order valence-corrected chi connectivity index (χ3v) is 3.76. The number of halogens is 1. The molecule has 0 unspecified atom stereocenters. The molecule has 0 spiro atoms. The van der Waals surface area contributed by atoms with Crippen LogP contribution in [0.15, 0.2) is 66.9 Å². The van der Waals surface area contributed by atoms with Crippen LogP contribution in [0.1, 0.15) is 21.6 Å². The number of hydrogen-bond acceptors (Lipinski definition) is 4. The summed E-state index contributed by atoms with van der Waals surface area (Å²) in [5.41, 5.74) is 1.32. The molecule has 0 fully saturated rings. The van der Waals surface area contributed by atoms with E-state index in [9.17, 15) is 14.9 Å². The molecule has 0 saturated heterocycles. The molecule has 6 nitrogen and oxygen atoms in total. The first-order valence-electron chi connectivity index (χ1n) is 7.81. The van der Waals surface area contributed by atoms with Crippen molar-refractivity contribution in [3.05, 3.63) is 98.8 Å². The standard InChI is InChI=1S/C20H12ClN3O3/c21-15-8-10-19(24(26)27)18(13-15)20(25)23-17-6-3-4-14(12-17)7-9-16-5-1-2-11-22-16/h1-6,8,10-13H,(H,23,25). The molecule has 132 valence electrons. The summed E-state index contributed by atoms with van der Waals surface area (Å²) in [7, 11) is 0. The number of nitrogens with one attached hydrogen (secondary N) is 1. The fraction of sp³-hybridized carbons (Fsp3) is 0. The van der Waals surface area contributed by atoms with Crippen LogP contribution < -0.4 is 5.32 Å². The van der Waals surface area contributed by atoms with Crippen molar-refractivity contribution in [3.63, 3.8) is 0 Å². The highest BCUT2D eigenvalue weighted by atomic mass is 35.5. The van der Waals surface area contributed by atoms with Gasteiger partial charge in [0.15, 0.2) is 0 Å². The molecule has 2 aromatic carbocycles. The van der Waals surface area contributed by atoms with Gasteiger partial charge in [0.25, 0.3) is 11.6 Å². The molecule has 7 heteroatoms. The van der Waals surface area contributed by atoms with E-state index in [0.29, 0.717) is 16.9 Å². The maximum atomic E-state index is 12.5. The molecule has 27 heavy (non-hydrogen) atoms. The van der Waals surface area contributed by atoms with Crippen LogP contribution in [0.5, 0.6) is 0 Å². The molecular weight excluding hydrogens is 366 g/mol. The van der Waals surface area contributed by atoms with Gasteiger partial charge in [-0.1, -0.05) is 29.7 Å². The minimum atomic E-state index is -0.626. The lowest BCUT2D eigenvalue weighted by Crippen LogP contribution is -2.14. The largest absolute Gasteiger partial charge is 0.322 e. The number of nitrogens with zero attached hydrogens (tertiary/aromatic N) is 2. The van der Waals surface area contributed by atoms with Crippen molar-refractivity contribution in [1.82, 2.24) is 4.98 Å². The molecule has 1 aromatic heterocycles. The SMILES string of the molecule is O=C(Nc1cccc(C#Cc2ccccn2)c1)c1cc(Cl)ccc1[N+](=O)[O-]. The Morgan fingerprint density at radius 2 is 1.93 bits per heavy atom. The maximum Gasteiger partial charge on any atom is 0.282 e. The van der Waals surface area contributed by atoms with E-state index in [1.165, 1.54) is 18.2 Å². The molecule has 1 N–H and O–H groups in total. The van der Waals surface area contributed by atoms with Crippen molar-refractivity contribution in [3.8, 4) is 11.8 Å². The summed E-state index contributed by atoms with van der Waals surface area (Å²) in [6.07, 6.45) is 1.65. The van der Waals surface area contributed by atoms with Crippen LogP contribution in [0.25, 0.3) is 0 Å².